The van der Waals surface area contributed by atoms with E-state index in [1.165, 1.54) is 5.56 Å². The van der Waals surface area contributed by atoms with Crippen LogP contribution in [0, 0.1) is 0 Å². The fourth-order valence-electron chi connectivity index (χ4n) is 4.54. The highest BCUT2D eigenvalue weighted by Gasteiger charge is 2.49. The second-order valence-electron chi connectivity index (χ2n) is 8.14. The smallest absolute Gasteiger partial charge is 0.233 e. The molecule has 3 atom stereocenters. The Labute approximate surface area is 169 Å². The van der Waals surface area contributed by atoms with E-state index in [9.17, 15) is 9.59 Å². The van der Waals surface area contributed by atoms with Gasteiger partial charge in [-0.3, -0.25) is 0 Å². The first-order valence-corrected chi connectivity index (χ1v) is 10.6. The van der Waals surface area contributed by atoms with Gasteiger partial charge in [0.1, 0.15) is 6.04 Å². The van der Waals surface area contributed by atoms with Gasteiger partial charge >= 0.3 is 12.3 Å². The quantitative estimate of drug-likeness (QED) is 0.339. The number of carbonyl (C=O) groups excluding carboxylic acids is 2. The standard InChI is InChI=1S/C25H32NO2/c1-21-12-11-19-26(21,20-27)25(28)24(23-16-8-4-9-17-23)18-10-3-7-15-22-13-5-2-6-14-22/h2,4-6,8-9,13-14,16-17,20-21,24H,3,7,10-12,15,18-19H2,1H3/q+1/t21-,24?,26?/m1/s1. The number of aryl methyl sites for hydroxylation is 1. The maximum absolute atomic E-state index is 13.5. The summed E-state index contributed by atoms with van der Waals surface area (Å²) < 4.78 is 0.00355. The molecule has 1 saturated heterocycles. The van der Waals surface area contributed by atoms with E-state index in [1.807, 2.05) is 43.3 Å². The maximum Gasteiger partial charge on any atom is 0.328 e. The van der Waals surface area contributed by atoms with E-state index in [2.05, 4.69) is 24.3 Å². The number of imide groups is 1. The second kappa shape index (κ2) is 9.79. The first-order chi connectivity index (χ1) is 13.7. The number of hydrogen-bond acceptors (Lipinski definition) is 2. The highest BCUT2D eigenvalue weighted by Crippen LogP contribution is 2.33. The summed E-state index contributed by atoms with van der Waals surface area (Å²) in [6.07, 6.45) is 7.93. The molecule has 28 heavy (non-hydrogen) atoms. The van der Waals surface area contributed by atoms with Crippen LogP contribution in [0.5, 0.6) is 0 Å². The summed E-state index contributed by atoms with van der Waals surface area (Å²) in [6, 6.07) is 20.7. The Bertz CT molecular complexity index is 759. The molecule has 0 spiro atoms. The zero-order valence-corrected chi connectivity index (χ0v) is 16.9. The van der Waals surface area contributed by atoms with Crippen LogP contribution in [0.15, 0.2) is 60.7 Å². The minimum Gasteiger partial charge on any atom is -0.233 e. The van der Waals surface area contributed by atoms with Crippen LogP contribution in [-0.4, -0.2) is 29.4 Å². The fraction of sp³-hybridized carbons (Fsp3) is 0.440. The van der Waals surface area contributed by atoms with Gasteiger partial charge in [0, 0.05) is 12.8 Å². The van der Waals surface area contributed by atoms with Gasteiger partial charge in [-0.1, -0.05) is 73.5 Å². The molecule has 2 unspecified atom stereocenters. The number of carbonyl (C=O) groups is 2. The average Bonchev–Trinajstić information content (AvgIpc) is 3.13. The number of benzene rings is 2. The summed E-state index contributed by atoms with van der Waals surface area (Å²) in [5.74, 6) is -0.0991. The molecule has 0 radical (unpaired) electrons. The summed E-state index contributed by atoms with van der Waals surface area (Å²) >= 11 is 0. The topological polar surface area (TPSA) is 34.1 Å². The van der Waals surface area contributed by atoms with Gasteiger partial charge < -0.3 is 0 Å². The molecule has 2 aromatic rings. The lowest BCUT2D eigenvalue weighted by Crippen LogP contribution is -2.55. The molecule has 148 valence electrons. The lowest BCUT2D eigenvalue weighted by molar-refractivity contribution is -0.781. The van der Waals surface area contributed by atoms with Crippen molar-refractivity contribution in [2.75, 3.05) is 6.54 Å². The van der Waals surface area contributed by atoms with Gasteiger partial charge in [0.15, 0.2) is 0 Å². The molecule has 1 aliphatic rings. The Balaban J connectivity index is 1.64. The van der Waals surface area contributed by atoms with Crippen LogP contribution >= 0.6 is 0 Å². The molecule has 3 heteroatoms. The van der Waals surface area contributed by atoms with E-state index >= 15 is 0 Å². The van der Waals surface area contributed by atoms with Crippen LogP contribution in [0.3, 0.4) is 0 Å². The molecular formula is C25H32NO2+. The molecule has 0 aliphatic carbocycles. The predicted molar refractivity (Wildman–Crippen MR) is 113 cm³/mol. The van der Waals surface area contributed by atoms with Crippen molar-refractivity contribution in [1.82, 2.24) is 0 Å². The van der Waals surface area contributed by atoms with Crippen LogP contribution in [0.2, 0.25) is 0 Å². The highest BCUT2D eigenvalue weighted by atomic mass is 16.2. The Kier molecular flexibility index (Phi) is 7.16. The summed E-state index contributed by atoms with van der Waals surface area (Å²) in [5.41, 5.74) is 2.42. The van der Waals surface area contributed by atoms with E-state index in [1.54, 1.807) is 0 Å². The van der Waals surface area contributed by atoms with E-state index in [-0.39, 0.29) is 22.3 Å². The van der Waals surface area contributed by atoms with E-state index in [4.69, 9.17) is 0 Å². The van der Waals surface area contributed by atoms with Crippen LogP contribution in [0.1, 0.15) is 62.5 Å². The zero-order chi connectivity index (χ0) is 19.8. The number of quaternary nitrogens is 1. The van der Waals surface area contributed by atoms with Crippen molar-refractivity contribution in [3.8, 4) is 0 Å². The molecule has 2 amide bonds. The lowest BCUT2D eigenvalue weighted by atomic mass is 9.90. The van der Waals surface area contributed by atoms with Gasteiger partial charge in [-0.2, -0.15) is 4.48 Å². The summed E-state index contributed by atoms with van der Waals surface area (Å²) in [5, 5.41) is 0. The van der Waals surface area contributed by atoms with Crippen molar-refractivity contribution in [2.24, 2.45) is 0 Å². The largest absolute Gasteiger partial charge is 0.328 e. The van der Waals surface area contributed by atoms with Gasteiger partial charge in [0.25, 0.3) is 0 Å². The third-order valence-corrected chi connectivity index (χ3v) is 6.34. The monoisotopic (exact) mass is 378 g/mol. The number of hydrogen-bond donors (Lipinski definition) is 0. The number of likely N-dealkylation sites (tertiary alicyclic amines) is 1. The van der Waals surface area contributed by atoms with E-state index in [0.29, 0.717) is 6.54 Å². The number of amides is 2. The summed E-state index contributed by atoms with van der Waals surface area (Å²) in [7, 11) is 0. The first-order valence-electron chi connectivity index (χ1n) is 10.6. The SMILES string of the molecule is C[C@@H]1CCC[N+]1(C=O)C(=O)C(CCCCCc1ccccc1)c1ccccc1. The van der Waals surface area contributed by atoms with Gasteiger partial charge in [-0.05, 0) is 37.3 Å². The second-order valence-corrected chi connectivity index (χ2v) is 8.14. The van der Waals surface area contributed by atoms with Gasteiger partial charge in [-0.25, -0.2) is 9.59 Å². The third kappa shape index (κ3) is 4.59. The van der Waals surface area contributed by atoms with Gasteiger partial charge in [0.2, 0.25) is 0 Å². The Hall–Kier alpha value is -2.26. The lowest BCUT2D eigenvalue weighted by Gasteiger charge is -2.32. The van der Waals surface area contributed by atoms with Crippen LogP contribution < -0.4 is 0 Å². The van der Waals surface area contributed by atoms with E-state index in [0.717, 1.165) is 56.9 Å². The molecule has 1 aliphatic heterocycles. The van der Waals surface area contributed by atoms with Gasteiger partial charge in [-0.15, -0.1) is 0 Å². The van der Waals surface area contributed by atoms with Crippen molar-refractivity contribution < 1.29 is 14.1 Å². The molecule has 0 aromatic heterocycles. The van der Waals surface area contributed by atoms with Crippen molar-refractivity contribution in [2.45, 2.75) is 63.8 Å². The first kappa shape index (κ1) is 20.5. The molecule has 0 bridgehead atoms. The molecular weight excluding hydrogens is 346 g/mol. The fourth-order valence-corrected chi connectivity index (χ4v) is 4.54. The number of unbranched alkanes of at least 4 members (excludes halogenated alkanes) is 2. The van der Waals surface area contributed by atoms with Crippen molar-refractivity contribution >= 4 is 12.3 Å². The van der Waals surface area contributed by atoms with Crippen molar-refractivity contribution in [1.29, 1.82) is 0 Å². The maximum atomic E-state index is 13.5. The van der Waals surface area contributed by atoms with Crippen LogP contribution in [-0.2, 0) is 16.0 Å². The predicted octanol–water partition coefficient (Wildman–Crippen LogP) is 5.26. The molecule has 0 N–H and O–H groups in total. The normalized spacial score (nSPS) is 22.7. The molecule has 3 nitrogen and oxygen atoms in total. The summed E-state index contributed by atoms with van der Waals surface area (Å²) in [4.78, 5) is 25.5. The Morgan fingerprint density at radius 3 is 2.32 bits per heavy atom. The molecule has 1 fully saturated rings. The highest BCUT2D eigenvalue weighted by molar-refractivity contribution is 5.83. The van der Waals surface area contributed by atoms with Crippen LogP contribution in [0.25, 0.3) is 0 Å². The molecule has 0 saturated carbocycles. The third-order valence-electron chi connectivity index (χ3n) is 6.34. The van der Waals surface area contributed by atoms with Gasteiger partial charge in [0.05, 0.1) is 12.5 Å². The van der Waals surface area contributed by atoms with Crippen molar-refractivity contribution in [3.63, 3.8) is 0 Å². The zero-order valence-electron chi connectivity index (χ0n) is 16.9. The molecule has 1 heterocycles. The van der Waals surface area contributed by atoms with Crippen molar-refractivity contribution in [3.05, 3.63) is 71.8 Å². The Morgan fingerprint density at radius 2 is 1.71 bits per heavy atom. The molecule has 3 rings (SSSR count). The minimum atomic E-state index is -0.191. The van der Waals surface area contributed by atoms with Crippen LogP contribution in [0.4, 0.5) is 0 Å². The average molecular weight is 379 g/mol. The summed E-state index contributed by atoms with van der Waals surface area (Å²) in [6.45, 7) is 2.70. The van der Waals surface area contributed by atoms with E-state index < -0.39 is 0 Å². The minimum absolute atomic E-state index is 0.00355. The number of nitrogens with zero attached hydrogens (tertiary/aromatic N) is 1. The molecule has 2 aromatic carbocycles. The number of rotatable bonds is 9. The Morgan fingerprint density at radius 1 is 1.04 bits per heavy atom.